The molecule has 1 aliphatic carbocycles. The Balaban J connectivity index is 1.36. The maximum absolute atomic E-state index is 13.7. The lowest BCUT2D eigenvalue weighted by Crippen LogP contribution is -2.40. The van der Waals surface area contributed by atoms with Crippen molar-refractivity contribution in [3.8, 4) is 5.75 Å². The number of carbonyl (C=O) groups excluding carboxylic acids is 1. The average Bonchev–Trinajstić information content (AvgIpc) is 3.70. The summed E-state index contributed by atoms with van der Waals surface area (Å²) in [5.41, 5.74) is 1.72. The van der Waals surface area contributed by atoms with Gasteiger partial charge in [0.1, 0.15) is 11.6 Å². The van der Waals surface area contributed by atoms with Crippen molar-refractivity contribution in [3.63, 3.8) is 0 Å². The summed E-state index contributed by atoms with van der Waals surface area (Å²) in [6, 6.07) is 5.22. The van der Waals surface area contributed by atoms with Crippen molar-refractivity contribution in [1.29, 1.82) is 0 Å². The van der Waals surface area contributed by atoms with Crippen LogP contribution in [0.1, 0.15) is 55.8 Å². The van der Waals surface area contributed by atoms with Gasteiger partial charge in [0, 0.05) is 56.5 Å². The van der Waals surface area contributed by atoms with Crippen molar-refractivity contribution in [3.05, 3.63) is 30.0 Å². The Labute approximate surface area is 231 Å². The molecule has 1 spiro atoms. The van der Waals surface area contributed by atoms with E-state index in [1.54, 1.807) is 23.2 Å². The summed E-state index contributed by atoms with van der Waals surface area (Å²) < 4.78 is 36.1. The van der Waals surface area contributed by atoms with Crippen LogP contribution in [0.2, 0.25) is 0 Å². The summed E-state index contributed by atoms with van der Waals surface area (Å²) in [7, 11) is 1.51. The Morgan fingerprint density at radius 3 is 2.44 bits per heavy atom. The number of amides is 1. The highest BCUT2D eigenvalue weighted by Gasteiger charge is 2.44. The Hall–Kier alpha value is -2.86. The molecule has 3 N–H and O–H groups in total. The van der Waals surface area contributed by atoms with E-state index in [9.17, 15) is 18.7 Å². The first kappa shape index (κ1) is 27.7. The number of nitrogens with one attached hydrogen (secondary N) is 2. The molecule has 1 saturated carbocycles. The maximum Gasteiger partial charge on any atom is 0.260 e. The molecule has 9 nitrogen and oxygen atoms in total. The molecule has 5 rings (SSSR count). The van der Waals surface area contributed by atoms with Crippen molar-refractivity contribution in [2.75, 3.05) is 59.7 Å². The summed E-state index contributed by atoms with van der Waals surface area (Å²) in [5.74, 6) is -1.20. The van der Waals surface area contributed by atoms with Crippen LogP contribution in [-0.4, -0.2) is 72.0 Å². The number of ether oxygens (including phenoxy) is 1. The van der Waals surface area contributed by atoms with Crippen LogP contribution in [-0.2, 0) is 0 Å². The highest BCUT2D eigenvalue weighted by molar-refractivity contribution is 8.01. The molecule has 3 aliphatic rings. The fourth-order valence-corrected chi connectivity index (χ4v) is 5.66. The van der Waals surface area contributed by atoms with Gasteiger partial charge in [0.2, 0.25) is 0 Å². The number of hydrogen-bond acceptors (Lipinski definition) is 9. The predicted molar refractivity (Wildman–Crippen MR) is 150 cm³/mol. The second-order valence-corrected chi connectivity index (χ2v) is 12.1. The first-order chi connectivity index (χ1) is 18.7. The van der Waals surface area contributed by atoms with E-state index in [4.69, 9.17) is 4.74 Å². The molecule has 0 unspecified atom stereocenters. The second-order valence-electron chi connectivity index (χ2n) is 10.8. The summed E-state index contributed by atoms with van der Waals surface area (Å²) in [5, 5.41) is 12.2. The molecule has 4 heterocycles. The van der Waals surface area contributed by atoms with Gasteiger partial charge in [-0.3, -0.25) is 4.79 Å². The van der Waals surface area contributed by atoms with Gasteiger partial charge >= 0.3 is 0 Å². The number of methoxy groups -OCH3 is 1. The summed E-state index contributed by atoms with van der Waals surface area (Å²) in [6.45, 7) is 3.99. The van der Waals surface area contributed by atoms with E-state index < -0.39 is 5.92 Å². The minimum atomic E-state index is -2.68. The number of pyridine rings is 2. The van der Waals surface area contributed by atoms with Crippen LogP contribution in [0.4, 0.5) is 31.9 Å². The van der Waals surface area contributed by atoms with Crippen LogP contribution < -0.4 is 24.6 Å². The number of hydrogen-bond donors (Lipinski definition) is 3. The third-order valence-electron chi connectivity index (χ3n) is 7.97. The predicted octanol–water partition coefficient (Wildman–Crippen LogP) is 4.79. The van der Waals surface area contributed by atoms with E-state index in [2.05, 4.69) is 24.9 Å². The van der Waals surface area contributed by atoms with E-state index in [1.807, 2.05) is 13.0 Å². The van der Waals surface area contributed by atoms with E-state index in [1.165, 1.54) is 31.9 Å². The fourth-order valence-electron chi connectivity index (χ4n) is 5.15. The fraction of sp³-hybridized carbons (Fsp3) is 0.593. The lowest BCUT2D eigenvalue weighted by Gasteiger charge is -2.35. The summed E-state index contributed by atoms with van der Waals surface area (Å²) in [6.07, 6.45) is 5.84. The number of carbonyl (C=O) groups is 1. The van der Waals surface area contributed by atoms with E-state index in [0.29, 0.717) is 34.2 Å². The molecule has 0 radical (unpaired) electrons. The molecule has 39 heavy (non-hydrogen) atoms. The molecule has 212 valence electrons. The lowest BCUT2D eigenvalue weighted by molar-refractivity contribution is -0.0222. The third-order valence-corrected chi connectivity index (χ3v) is 8.84. The standard InChI is InChI=1S/C27H36F2N6O3S/c1-18(17-36)39-33-23-15-20(34-11-7-26(5-6-26)8-12-34)19(16-30-23)25(37)32-22-4-3-21(38-2)24(31-22)35-13-9-27(28,29)10-14-35/h3-4,15-16,18,36H,5-14,17H2,1-2H3,(H,30,33)(H,31,32,37)/t18-/m0/s1. The van der Waals surface area contributed by atoms with Gasteiger partial charge < -0.3 is 29.7 Å². The topological polar surface area (TPSA) is 103 Å². The average molecular weight is 563 g/mol. The molecule has 2 aliphatic heterocycles. The molecule has 1 atom stereocenters. The Morgan fingerprint density at radius 1 is 1.10 bits per heavy atom. The first-order valence-electron chi connectivity index (χ1n) is 13.5. The minimum absolute atomic E-state index is 0.00981. The Kier molecular flexibility index (Phi) is 8.04. The molecule has 0 aromatic carbocycles. The van der Waals surface area contributed by atoms with Crippen LogP contribution in [0.15, 0.2) is 24.4 Å². The zero-order valence-electron chi connectivity index (χ0n) is 22.4. The van der Waals surface area contributed by atoms with Crippen LogP contribution >= 0.6 is 11.9 Å². The number of aromatic nitrogens is 2. The van der Waals surface area contributed by atoms with Gasteiger partial charge in [-0.15, -0.1) is 0 Å². The molecule has 2 aromatic rings. The maximum atomic E-state index is 13.7. The third kappa shape index (κ3) is 6.49. The Morgan fingerprint density at radius 2 is 1.79 bits per heavy atom. The number of piperidine rings is 2. The number of anilines is 4. The Bertz CT molecular complexity index is 1180. The van der Waals surface area contributed by atoms with E-state index >= 15 is 0 Å². The molecule has 2 saturated heterocycles. The zero-order chi connectivity index (χ0) is 27.6. The molecule has 1 amide bonds. The number of aliphatic hydroxyl groups excluding tert-OH is 1. The minimum Gasteiger partial charge on any atom is -0.493 e. The molecular formula is C27H36F2N6O3S. The lowest BCUT2D eigenvalue weighted by atomic mass is 9.93. The molecule has 3 fully saturated rings. The number of rotatable bonds is 9. The van der Waals surface area contributed by atoms with E-state index in [-0.39, 0.29) is 43.7 Å². The largest absolute Gasteiger partial charge is 0.493 e. The van der Waals surface area contributed by atoms with Crippen LogP contribution in [0, 0.1) is 5.41 Å². The van der Waals surface area contributed by atoms with Gasteiger partial charge in [0.15, 0.2) is 11.6 Å². The number of nitrogens with zero attached hydrogens (tertiary/aromatic N) is 4. The van der Waals surface area contributed by atoms with Crippen molar-refractivity contribution in [2.24, 2.45) is 5.41 Å². The summed E-state index contributed by atoms with van der Waals surface area (Å²) in [4.78, 5) is 26.6. The van der Waals surface area contributed by atoms with E-state index in [0.717, 1.165) is 31.6 Å². The normalized spacial score (nSPS) is 20.4. The van der Waals surface area contributed by atoms with Gasteiger partial charge in [0.25, 0.3) is 11.8 Å². The number of aliphatic hydroxyl groups is 1. The highest BCUT2D eigenvalue weighted by Crippen LogP contribution is 2.54. The second kappa shape index (κ2) is 11.3. The molecule has 0 bridgehead atoms. The van der Waals surface area contributed by atoms with Crippen LogP contribution in [0.25, 0.3) is 0 Å². The van der Waals surface area contributed by atoms with Crippen LogP contribution in [0.3, 0.4) is 0 Å². The molecule has 12 heteroatoms. The quantitative estimate of drug-likeness (QED) is 0.372. The van der Waals surface area contributed by atoms with Crippen molar-refractivity contribution in [2.45, 2.75) is 56.6 Å². The monoisotopic (exact) mass is 562 g/mol. The van der Waals surface area contributed by atoms with Crippen LogP contribution in [0.5, 0.6) is 5.75 Å². The highest BCUT2D eigenvalue weighted by atomic mass is 32.2. The SMILES string of the molecule is COc1ccc(NC(=O)c2cnc(NS[C@@H](C)CO)cc2N2CCC3(CC2)CC3)nc1N1CCC(F)(F)CC1. The van der Waals surface area contributed by atoms with Crippen molar-refractivity contribution >= 4 is 41.0 Å². The van der Waals surface area contributed by atoms with Crippen molar-refractivity contribution < 1.29 is 23.4 Å². The number of alkyl halides is 2. The number of halogens is 2. The zero-order valence-corrected chi connectivity index (χ0v) is 23.2. The van der Waals surface area contributed by atoms with Gasteiger partial charge in [-0.2, -0.15) is 0 Å². The molecular weight excluding hydrogens is 526 g/mol. The van der Waals surface area contributed by atoms with Gasteiger partial charge in [-0.1, -0.05) is 0 Å². The molecule has 2 aromatic heterocycles. The summed E-state index contributed by atoms with van der Waals surface area (Å²) >= 11 is 1.37. The van der Waals surface area contributed by atoms with Gasteiger partial charge in [-0.05, 0) is 62.1 Å². The van der Waals surface area contributed by atoms with Gasteiger partial charge in [-0.25, -0.2) is 18.7 Å². The van der Waals surface area contributed by atoms with Crippen molar-refractivity contribution in [1.82, 2.24) is 9.97 Å². The smallest absolute Gasteiger partial charge is 0.260 e. The first-order valence-corrected chi connectivity index (χ1v) is 14.4. The van der Waals surface area contributed by atoms with Gasteiger partial charge in [0.05, 0.1) is 25.0 Å².